The zero-order valence-corrected chi connectivity index (χ0v) is 14.4. The summed E-state index contributed by atoms with van der Waals surface area (Å²) in [5.41, 5.74) is 2.19. The summed E-state index contributed by atoms with van der Waals surface area (Å²) in [4.78, 5) is 18.9. The highest BCUT2D eigenvalue weighted by Gasteiger charge is 2.12. The Bertz CT molecular complexity index is 964. The number of rotatable bonds is 5. The molecular weight excluding hydrogens is 322 g/mol. The summed E-state index contributed by atoms with van der Waals surface area (Å²) in [6, 6.07) is 9.75. The molecule has 0 bridgehead atoms. The lowest BCUT2D eigenvalue weighted by molar-refractivity contribution is 0.563. The van der Waals surface area contributed by atoms with Crippen molar-refractivity contribution in [1.82, 2.24) is 4.98 Å². The quantitative estimate of drug-likeness (QED) is 0.661. The lowest BCUT2D eigenvalue weighted by atomic mass is 10.1. The second kappa shape index (κ2) is 6.85. The fraction of sp³-hybridized carbons (Fsp3) is 0.278. The van der Waals surface area contributed by atoms with Gasteiger partial charge in [0.2, 0.25) is 0 Å². The van der Waals surface area contributed by atoms with Crippen molar-refractivity contribution in [2.24, 2.45) is 0 Å². The van der Waals surface area contributed by atoms with Crippen LogP contribution in [0.1, 0.15) is 18.9 Å². The van der Waals surface area contributed by atoms with Crippen molar-refractivity contribution in [2.45, 2.75) is 20.3 Å². The highest BCUT2D eigenvalue weighted by Crippen LogP contribution is 2.26. The highest BCUT2D eigenvalue weighted by molar-refractivity contribution is 7.10. The van der Waals surface area contributed by atoms with Crippen molar-refractivity contribution >= 4 is 28.0 Å². The summed E-state index contributed by atoms with van der Waals surface area (Å²) < 4.78 is 5.51. The number of anilines is 1. The van der Waals surface area contributed by atoms with E-state index in [1.807, 2.05) is 18.2 Å². The molecule has 0 aliphatic carbocycles. The Morgan fingerprint density at radius 1 is 1.29 bits per heavy atom. The molecule has 0 saturated carbocycles. The van der Waals surface area contributed by atoms with Crippen molar-refractivity contribution < 1.29 is 4.42 Å². The second-order valence-electron chi connectivity index (χ2n) is 5.30. The smallest absolute Gasteiger partial charge is 0.345 e. The van der Waals surface area contributed by atoms with Crippen molar-refractivity contribution in [2.75, 3.05) is 18.0 Å². The van der Waals surface area contributed by atoms with Crippen LogP contribution in [-0.2, 0) is 6.42 Å². The van der Waals surface area contributed by atoms with E-state index in [4.69, 9.17) is 9.68 Å². The first-order chi connectivity index (χ1) is 11.7. The Balaban J connectivity index is 2.05. The molecule has 6 heteroatoms. The standard InChI is InChI=1S/C18H17N3O2S/c1-3-21(4-2)13-6-5-12-9-14(18(22)23-16(12)10-13)15-11-24-17(20-15)7-8-19/h5-6,9-11H,3-4,7H2,1-2H3. The minimum Gasteiger partial charge on any atom is -0.422 e. The van der Waals surface area contributed by atoms with Gasteiger partial charge in [-0.15, -0.1) is 11.3 Å². The summed E-state index contributed by atoms with van der Waals surface area (Å²) in [7, 11) is 0. The maximum Gasteiger partial charge on any atom is 0.345 e. The van der Waals surface area contributed by atoms with Crippen LogP contribution in [-0.4, -0.2) is 18.1 Å². The number of hydrogen-bond donors (Lipinski definition) is 0. The predicted octanol–water partition coefficient (Wildman–Crippen LogP) is 3.83. The Morgan fingerprint density at radius 3 is 2.79 bits per heavy atom. The number of nitriles is 1. The molecule has 0 amide bonds. The normalized spacial score (nSPS) is 10.7. The van der Waals surface area contributed by atoms with Gasteiger partial charge in [-0.2, -0.15) is 5.26 Å². The maximum atomic E-state index is 12.3. The van der Waals surface area contributed by atoms with Crippen LogP contribution in [0.25, 0.3) is 22.2 Å². The summed E-state index contributed by atoms with van der Waals surface area (Å²) in [6.45, 7) is 5.97. The third-order valence-corrected chi connectivity index (χ3v) is 4.75. The Kier molecular flexibility index (Phi) is 4.63. The van der Waals surface area contributed by atoms with E-state index in [1.165, 1.54) is 11.3 Å². The molecule has 5 nitrogen and oxygen atoms in total. The minimum atomic E-state index is -0.409. The highest BCUT2D eigenvalue weighted by atomic mass is 32.1. The van der Waals surface area contributed by atoms with Gasteiger partial charge in [-0.1, -0.05) is 0 Å². The summed E-state index contributed by atoms with van der Waals surface area (Å²) in [5.74, 6) is 0. The van der Waals surface area contributed by atoms with Gasteiger partial charge in [0.25, 0.3) is 0 Å². The molecule has 0 aliphatic rings. The molecule has 122 valence electrons. The van der Waals surface area contributed by atoms with Crippen molar-refractivity contribution in [3.63, 3.8) is 0 Å². The van der Waals surface area contributed by atoms with Crippen molar-refractivity contribution in [3.8, 4) is 17.3 Å². The fourth-order valence-electron chi connectivity index (χ4n) is 2.65. The molecule has 0 N–H and O–H groups in total. The van der Waals surface area contributed by atoms with Crippen LogP contribution >= 0.6 is 11.3 Å². The molecule has 2 heterocycles. The molecule has 1 aromatic carbocycles. The van der Waals surface area contributed by atoms with Crippen LogP contribution in [0.5, 0.6) is 0 Å². The summed E-state index contributed by atoms with van der Waals surface area (Å²) in [6.07, 6.45) is 0.247. The molecule has 0 saturated heterocycles. The predicted molar refractivity (Wildman–Crippen MR) is 96.5 cm³/mol. The van der Waals surface area contributed by atoms with Gasteiger partial charge < -0.3 is 9.32 Å². The number of aromatic nitrogens is 1. The maximum absolute atomic E-state index is 12.3. The number of benzene rings is 1. The third-order valence-electron chi connectivity index (χ3n) is 3.91. The number of nitrogens with zero attached hydrogens (tertiary/aromatic N) is 3. The van der Waals surface area contributed by atoms with E-state index in [1.54, 1.807) is 11.4 Å². The zero-order chi connectivity index (χ0) is 17.1. The average molecular weight is 339 g/mol. The van der Waals surface area contributed by atoms with E-state index in [0.29, 0.717) is 21.8 Å². The van der Waals surface area contributed by atoms with E-state index in [0.717, 1.165) is 24.2 Å². The fourth-order valence-corrected chi connectivity index (χ4v) is 3.37. The molecule has 2 aromatic heterocycles. The molecule has 0 aliphatic heterocycles. The Morgan fingerprint density at radius 2 is 2.08 bits per heavy atom. The van der Waals surface area contributed by atoms with E-state index in [-0.39, 0.29) is 6.42 Å². The zero-order valence-electron chi connectivity index (χ0n) is 13.6. The summed E-state index contributed by atoms with van der Waals surface area (Å²) >= 11 is 1.37. The molecule has 0 fully saturated rings. The molecule has 24 heavy (non-hydrogen) atoms. The van der Waals surface area contributed by atoms with Crippen molar-refractivity contribution in [3.05, 3.63) is 45.1 Å². The van der Waals surface area contributed by atoms with Gasteiger partial charge in [-0.25, -0.2) is 9.78 Å². The number of fused-ring (bicyclic) bond motifs is 1. The van der Waals surface area contributed by atoms with Gasteiger partial charge in [-0.05, 0) is 32.0 Å². The lowest BCUT2D eigenvalue weighted by Gasteiger charge is -2.20. The first kappa shape index (κ1) is 16.2. The second-order valence-corrected chi connectivity index (χ2v) is 6.25. The van der Waals surface area contributed by atoms with E-state index < -0.39 is 5.63 Å². The third kappa shape index (κ3) is 3.03. The van der Waals surface area contributed by atoms with Gasteiger partial charge in [0.1, 0.15) is 10.6 Å². The monoisotopic (exact) mass is 339 g/mol. The summed E-state index contributed by atoms with van der Waals surface area (Å²) in [5, 5.41) is 12.1. The van der Waals surface area contributed by atoms with Gasteiger partial charge in [-0.3, -0.25) is 0 Å². The van der Waals surface area contributed by atoms with Crippen LogP contribution < -0.4 is 10.5 Å². The van der Waals surface area contributed by atoms with E-state index in [2.05, 4.69) is 29.8 Å². The molecule has 0 radical (unpaired) electrons. The Hall–Kier alpha value is -2.65. The number of hydrogen-bond acceptors (Lipinski definition) is 6. The first-order valence-electron chi connectivity index (χ1n) is 7.80. The van der Waals surface area contributed by atoms with Gasteiger partial charge in [0.05, 0.1) is 23.7 Å². The van der Waals surface area contributed by atoms with Gasteiger partial charge in [0.15, 0.2) is 0 Å². The van der Waals surface area contributed by atoms with Gasteiger partial charge in [0, 0.05) is 35.6 Å². The van der Waals surface area contributed by atoms with Crippen LogP contribution in [0, 0.1) is 11.3 Å². The van der Waals surface area contributed by atoms with Crippen LogP contribution in [0.2, 0.25) is 0 Å². The average Bonchev–Trinajstić information content (AvgIpc) is 3.04. The van der Waals surface area contributed by atoms with E-state index >= 15 is 0 Å². The molecular formula is C18H17N3O2S. The largest absolute Gasteiger partial charge is 0.422 e. The molecule has 3 rings (SSSR count). The van der Waals surface area contributed by atoms with E-state index in [9.17, 15) is 4.79 Å². The van der Waals surface area contributed by atoms with Crippen LogP contribution in [0.4, 0.5) is 5.69 Å². The topological polar surface area (TPSA) is 70.1 Å². The van der Waals surface area contributed by atoms with Crippen LogP contribution in [0.3, 0.4) is 0 Å². The molecule has 0 atom stereocenters. The minimum absolute atomic E-state index is 0.247. The first-order valence-corrected chi connectivity index (χ1v) is 8.68. The Labute approximate surface area is 143 Å². The van der Waals surface area contributed by atoms with Gasteiger partial charge >= 0.3 is 5.63 Å². The lowest BCUT2D eigenvalue weighted by Crippen LogP contribution is -2.21. The van der Waals surface area contributed by atoms with Crippen LogP contribution in [0.15, 0.2) is 38.9 Å². The molecule has 3 aromatic rings. The van der Waals surface area contributed by atoms with Crippen molar-refractivity contribution in [1.29, 1.82) is 5.26 Å². The SMILES string of the molecule is CCN(CC)c1ccc2cc(-c3csc(CC#N)n3)c(=O)oc2c1. The molecule has 0 unspecified atom stereocenters. The molecule has 0 spiro atoms. The number of thiazole rings is 1.